The third kappa shape index (κ3) is 3.20. The van der Waals surface area contributed by atoms with Gasteiger partial charge in [0, 0.05) is 17.7 Å². The van der Waals surface area contributed by atoms with Crippen molar-refractivity contribution in [2.45, 2.75) is 6.54 Å². The van der Waals surface area contributed by atoms with E-state index in [4.69, 9.17) is 9.94 Å². The lowest BCUT2D eigenvalue weighted by atomic mass is 10.1. The number of carbonyl (C=O) groups excluding carboxylic acids is 1. The minimum absolute atomic E-state index is 0.0315. The molecule has 20 heavy (non-hydrogen) atoms. The van der Waals surface area contributed by atoms with Crippen LogP contribution in [0.5, 0.6) is 5.75 Å². The van der Waals surface area contributed by atoms with E-state index in [0.29, 0.717) is 11.3 Å². The number of methoxy groups -OCH3 is 1. The second kappa shape index (κ2) is 6.47. The molecule has 0 aliphatic carbocycles. The summed E-state index contributed by atoms with van der Waals surface area (Å²) in [7, 11) is 1.54. The fourth-order valence-electron chi connectivity index (χ4n) is 1.85. The molecule has 1 heterocycles. The van der Waals surface area contributed by atoms with E-state index in [1.807, 2.05) is 6.07 Å². The lowest BCUT2D eigenvalue weighted by Crippen LogP contribution is -2.37. The Hall–Kier alpha value is -2.69. The predicted octanol–water partition coefficient (Wildman–Crippen LogP) is 1.67. The van der Waals surface area contributed by atoms with Gasteiger partial charge in [-0.3, -0.25) is 4.79 Å². The van der Waals surface area contributed by atoms with Crippen LogP contribution in [0.25, 0.3) is 0 Å². The number of Topliss-reactive ketones (excluding diaryl/α,β-unsaturated/α-hetero) is 1. The van der Waals surface area contributed by atoms with Crippen LogP contribution in [0.3, 0.4) is 0 Å². The maximum absolute atomic E-state index is 12.2. The lowest BCUT2D eigenvalue weighted by Gasteiger charge is -2.05. The Morgan fingerprint density at radius 2 is 2.00 bits per heavy atom. The number of nitrogens with zero attached hydrogens (tertiary/aromatic N) is 2. The number of pyridine rings is 1. The normalized spacial score (nSPS) is 10.7. The summed E-state index contributed by atoms with van der Waals surface area (Å²) in [6.07, 6.45) is 4.83. The summed E-state index contributed by atoms with van der Waals surface area (Å²) in [5.74, 6) is 0.540. The molecule has 0 radical (unpaired) electrons. The van der Waals surface area contributed by atoms with E-state index in [2.05, 4.69) is 5.16 Å². The number of oxime groups is 1. The van der Waals surface area contributed by atoms with Gasteiger partial charge in [-0.1, -0.05) is 17.3 Å². The van der Waals surface area contributed by atoms with Gasteiger partial charge in [-0.25, -0.2) is 0 Å². The highest BCUT2D eigenvalue weighted by molar-refractivity contribution is 5.97. The molecule has 0 bridgehead atoms. The second-order valence-electron chi connectivity index (χ2n) is 4.17. The molecule has 5 heteroatoms. The molecule has 2 rings (SSSR count). The molecule has 0 amide bonds. The first-order chi connectivity index (χ1) is 9.74. The van der Waals surface area contributed by atoms with Gasteiger partial charge in [0.05, 0.1) is 18.9 Å². The number of hydrogen-bond donors (Lipinski definition) is 1. The van der Waals surface area contributed by atoms with Crippen molar-refractivity contribution in [3.63, 3.8) is 0 Å². The zero-order chi connectivity index (χ0) is 14.4. The van der Waals surface area contributed by atoms with Gasteiger partial charge in [0.25, 0.3) is 0 Å². The number of aromatic nitrogens is 1. The summed E-state index contributed by atoms with van der Waals surface area (Å²) >= 11 is 0. The van der Waals surface area contributed by atoms with E-state index in [-0.39, 0.29) is 12.3 Å². The molecule has 1 N–H and O–H groups in total. The van der Waals surface area contributed by atoms with Crippen molar-refractivity contribution in [2.24, 2.45) is 5.16 Å². The molecule has 2 aromatic rings. The van der Waals surface area contributed by atoms with Gasteiger partial charge in [0.2, 0.25) is 12.3 Å². The van der Waals surface area contributed by atoms with Crippen LogP contribution >= 0.6 is 0 Å². The molecular formula is C15H15N2O3+. The van der Waals surface area contributed by atoms with Gasteiger partial charge >= 0.3 is 0 Å². The van der Waals surface area contributed by atoms with Crippen molar-refractivity contribution in [1.29, 1.82) is 0 Å². The van der Waals surface area contributed by atoms with E-state index >= 15 is 0 Å². The minimum atomic E-state index is -0.0315. The molecule has 0 atom stereocenters. The molecule has 0 spiro atoms. The summed E-state index contributed by atoms with van der Waals surface area (Å²) in [5.41, 5.74) is 1.32. The van der Waals surface area contributed by atoms with Gasteiger partial charge in [0.15, 0.2) is 12.4 Å². The van der Waals surface area contributed by atoms with Crippen molar-refractivity contribution in [3.8, 4) is 5.75 Å². The summed E-state index contributed by atoms with van der Waals surface area (Å²) in [4.78, 5) is 12.2. The Balaban J connectivity index is 2.15. The molecule has 0 aliphatic rings. The van der Waals surface area contributed by atoms with Crippen LogP contribution in [0, 0.1) is 0 Å². The maximum Gasteiger partial charge on any atom is 0.231 e. The molecule has 102 valence electrons. The van der Waals surface area contributed by atoms with Crippen molar-refractivity contribution in [1.82, 2.24) is 0 Å². The van der Waals surface area contributed by atoms with Gasteiger partial charge in [-0.05, 0) is 12.1 Å². The second-order valence-corrected chi connectivity index (χ2v) is 4.17. The maximum atomic E-state index is 12.2. The zero-order valence-electron chi connectivity index (χ0n) is 11.1. The van der Waals surface area contributed by atoms with E-state index in [0.717, 1.165) is 5.56 Å². The third-order valence-electron chi connectivity index (χ3n) is 2.86. The van der Waals surface area contributed by atoms with Crippen LogP contribution in [0.1, 0.15) is 15.9 Å². The zero-order valence-corrected chi connectivity index (χ0v) is 11.1. The predicted molar refractivity (Wildman–Crippen MR) is 73.3 cm³/mol. The van der Waals surface area contributed by atoms with Crippen molar-refractivity contribution < 1.29 is 19.3 Å². The average molecular weight is 271 g/mol. The van der Waals surface area contributed by atoms with Crippen LogP contribution in [-0.4, -0.2) is 24.3 Å². The topological polar surface area (TPSA) is 62.8 Å². The number of rotatable bonds is 5. The van der Waals surface area contributed by atoms with Crippen LogP contribution in [0.4, 0.5) is 0 Å². The van der Waals surface area contributed by atoms with Crippen molar-refractivity contribution in [3.05, 3.63) is 59.9 Å². The molecule has 0 unspecified atom stereocenters. The van der Waals surface area contributed by atoms with Crippen LogP contribution in [-0.2, 0) is 6.54 Å². The van der Waals surface area contributed by atoms with Gasteiger partial charge in [-0.2, -0.15) is 4.57 Å². The first-order valence-electron chi connectivity index (χ1n) is 6.07. The first-order valence-corrected chi connectivity index (χ1v) is 6.07. The van der Waals surface area contributed by atoms with E-state index in [1.54, 1.807) is 54.4 Å². The molecule has 0 saturated heterocycles. The molecule has 5 nitrogen and oxygen atoms in total. The lowest BCUT2D eigenvalue weighted by molar-refractivity contribution is -0.683. The molecule has 0 aliphatic heterocycles. The third-order valence-corrected chi connectivity index (χ3v) is 2.86. The minimum Gasteiger partial charge on any atom is -0.496 e. The Morgan fingerprint density at radius 3 is 2.65 bits per heavy atom. The highest BCUT2D eigenvalue weighted by Crippen LogP contribution is 2.17. The number of carbonyl (C=O) groups is 1. The quantitative estimate of drug-likeness (QED) is 0.296. The molecule has 1 aromatic carbocycles. The first kappa shape index (κ1) is 13.7. The summed E-state index contributed by atoms with van der Waals surface area (Å²) in [5, 5.41) is 11.4. The number of ketones is 1. The Labute approximate surface area is 116 Å². The monoisotopic (exact) mass is 271 g/mol. The molecule has 1 aromatic heterocycles. The largest absolute Gasteiger partial charge is 0.496 e. The summed E-state index contributed by atoms with van der Waals surface area (Å²) in [6, 6.07) is 10.7. The fraction of sp³-hybridized carbons (Fsp3) is 0.133. The standard InChI is InChI=1S/C15H14N2O3/c1-20-15-5-3-2-4-13(15)14(18)11-17-8-6-12(7-9-17)10-16-19/h2-10H,11H2,1H3/p+1. The Bertz CT molecular complexity index is 621. The smallest absolute Gasteiger partial charge is 0.231 e. The van der Waals surface area contributed by atoms with E-state index in [1.165, 1.54) is 6.21 Å². The van der Waals surface area contributed by atoms with Crippen LogP contribution in [0.15, 0.2) is 53.9 Å². The number of hydrogen-bond acceptors (Lipinski definition) is 4. The van der Waals surface area contributed by atoms with E-state index in [9.17, 15) is 4.79 Å². The molecule has 0 saturated carbocycles. The fourth-order valence-corrected chi connectivity index (χ4v) is 1.85. The highest BCUT2D eigenvalue weighted by atomic mass is 16.5. The van der Waals surface area contributed by atoms with Crippen LogP contribution < -0.4 is 9.30 Å². The van der Waals surface area contributed by atoms with Crippen molar-refractivity contribution >= 4 is 12.0 Å². The van der Waals surface area contributed by atoms with Crippen molar-refractivity contribution in [2.75, 3.05) is 7.11 Å². The molecular weight excluding hydrogens is 256 g/mol. The highest BCUT2D eigenvalue weighted by Gasteiger charge is 2.15. The average Bonchev–Trinajstić information content (AvgIpc) is 2.49. The number of ether oxygens (including phenoxy) is 1. The Morgan fingerprint density at radius 1 is 1.30 bits per heavy atom. The number of benzene rings is 1. The number of para-hydroxylation sites is 1. The SMILES string of the molecule is COc1ccccc1C(=O)C[n+]1ccc(C=NO)cc1. The van der Waals surface area contributed by atoms with Gasteiger partial charge in [-0.15, -0.1) is 0 Å². The molecule has 0 fully saturated rings. The summed E-state index contributed by atoms with van der Waals surface area (Å²) < 4.78 is 6.93. The van der Waals surface area contributed by atoms with Gasteiger partial charge < -0.3 is 9.94 Å². The summed E-state index contributed by atoms with van der Waals surface area (Å²) in [6.45, 7) is 0.219. The van der Waals surface area contributed by atoms with Crippen LogP contribution in [0.2, 0.25) is 0 Å². The van der Waals surface area contributed by atoms with Gasteiger partial charge in [0.1, 0.15) is 5.75 Å². The Kier molecular flexibility index (Phi) is 4.44. The van der Waals surface area contributed by atoms with E-state index < -0.39 is 0 Å².